The minimum Gasteiger partial charge on any atom is -0.395 e. The molecule has 1 aromatic rings. The van der Waals surface area contributed by atoms with Crippen molar-refractivity contribution in [3.63, 3.8) is 0 Å². The summed E-state index contributed by atoms with van der Waals surface area (Å²) in [5.74, 6) is -0.338. The van der Waals surface area contributed by atoms with E-state index in [9.17, 15) is 13.2 Å². The fourth-order valence-corrected chi connectivity index (χ4v) is 3.13. The van der Waals surface area contributed by atoms with Crippen LogP contribution < -0.4 is 0 Å². The Hall–Kier alpha value is -0.960. The highest BCUT2D eigenvalue weighted by Crippen LogP contribution is 2.17. The van der Waals surface area contributed by atoms with Gasteiger partial charge in [0.15, 0.2) is 0 Å². The van der Waals surface area contributed by atoms with Gasteiger partial charge in [0.1, 0.15) is 0 Å². The topological polar surface area (TPSA) is 77.9 Å². The van der Waals surface area contributed by atoms with Crippen molar-refractivity contribution >= 4 is 31.9 Å². The second-order valence-corrected chi connectivity index (χ2v) is 7.37. The third-order valence-electron chi connectivity index (χ3n) is 2.98. The minimum absolute atomic E-state index is 0.131. The number of carbonyl (C=O) groups excluding carboxylic acids is 1. The lowest BCUT2D eigenvalue weighted by Crippen LogP contribution is -2.42. The predicted octanol–water partition coefficient (Wildman–Crippen LogP) is 0.910. The second-order valence-electron chi connectivity index (χ2n) is 4.41. The van der Waals surface area contributed by atoms with E-state index in [0.29, 0.717) is 6.54 Å². The van der Waals surface area contributed by atoms with Gasteiger partial charge >= 0.3 is 0 Å². The number of hydrogen-bond donors (Lipinski definition) is 1. The lowest BCUT2D eigenvalue weighted by molar-refractivity contribution is -0.131. The van der Waals surface area contributed by atoms with Gasteiger partial charge < -0.3 is 10.0 Å². The van der Waals surface area contributed by atoms with Gasteiger partial charge in [-0.05, 0) is 31.2 Å². The van der Waals surface area contributed by atoms with Crippen molar-refractivity contribution in [2.45, 2.75) is 11.8 Å². The molecule has 0 fully saturated rings. The van der Waals surface area contributed by atoms with E-state index in [1.807, 2.05) is 0 Å². The Labute approximate surface area is 133 Å². The van der Waals surface area contributed by atoms with Crippen LogP contribution in [0, 0.1) is 0 Å². The summed E-state index contributed by atoms with van der Waals surface area (Å²) in [5, 5.41) is 8.88. The number of aliphatic hydroxyl groups is 1. The molecule has 0 atom stereocenters. The molecule has 0 spiro atoms. The van der Waals surface area contributed by atoms with Crippen molar-refractivity contribution in [3.8, 4) is 0 Å². The van der Waals surface area contributed by atoms with Gasteiger partial charge in [0.05, 0.1) is 18.0 Å². The Balaban J connectivity index is 2.84. The summed E-state index contributed by atoms with van der Waals surface area (Å²) in [4.78, 5) is 13.5. The van der Waals surface area contributed by atoms with Crippen molar-refractivity contribution in [3.05, 3.63) is 28.7 Å². The molecule has 0 heterocycles. The number of nitrogens with zero attached hydrogens (tertiary/aromatic N) is 2. The molecule has 118 valence electrons. The summed E-state index contributed by atoms with van der Waals surface area (Å²) in [6.07, 6.45) is 0. The number of amides is 1. The summed E-state index contributed by atoms with van der Waals surface area (Å²) in [5.41, 5.74) is 0. The van der Waals surface area contributed by atoms with Gasteiger partial charge in [-0.2, -0.15) is 4.31 Å². The highest BCUT2D eigenvalue weighted by atomic mass is 79.9. The number of aliphatic hydroxyl groups excluding tert-OH is 1. The van der Waals surface area contributed by atoms with E-state index in [2.05, 4.69) is 15.9 Å². The van der Waals surface area contributed by atoms with E-state index in [0.717, 1.165) is 8.78 Å². The molecule has 0 saturated carbocycles. The zero-order chi connectivity index (χ0) is 16.0. The number of halogens is 1. The van der Waals surface area contributed by atoms with Crippen LogP contribution in [0.25, 0.3) is 0 Å². The van der Waals surface area contributed by atoms with Crippen LogP contribution in [0.4, 0.5) is 0 Å². The SMILES string of the molecule is CCN(CCO)C(=O)CN(C)S(=O)(=O)c1ccc(Br)cc1. The molecule has 0 bridgehead atoms. The zero-order valence-corrected chi connectivity index (χ0v) is 14.4. The van der Waals surface area contributed by atoms with E-state index < -0.39 is 10.0 Å². The number of hydrogen-bond acceptors (Lipinski definition) is 4. The maximum absolute atomic E-state index is 12.3. The third kappa shape index (κ3) is 4.77. The second kappa shape index (κ2) is 7.88. The third-order valence-corrected chi connectivity index (χ3v) is 5.33. The molecule has 0 aliphatic carbocycles. The summed E-state index contributed by atoms with van der Waals surface area (Å²) >= 11 is 3.24. The molecule has 1 amide bonds. The first kappa shape index (κ1) is 18.1. The average Bonchev–Trinajstić information content (AvgIpc) is 2.44. The highest BCUT2D eigenvalue weighted by Gasteiger charge is 2.24. The lowest BCUT2D eigenvalue weighted by atomic mass is 10.4. The van der Waals surface area contributed by atoms with E-state index in [1.54, 1.807) is 19.1 Å². The van der Waals surface area contributed by atoms with E-state index in [-0.39, 0.29) is 30.5 Å². The van der Waals surface area contributed by atoms with E-state index >= 15 is 0 Å². The fraction of sp³-hybridized carbons (Fsp3) is 0.462. The van der Waals surface area contributed by atoms with Crippen molar-refractivity contribution in [1.82, 2.24) is 9.21 Å². The largest absolute Gasteiger partial charge is 0.395 e. The van der Waals surface area contributed by atoms with Crippen LogP contribution in [-0.2, 0) is 14.8 Å². The predicted molar refractivity (Wildman–Crippen MR) is 83.3 cm³/mol. The molecule has 21 heavy (non-hydrogen) atoms. The fourth-order valence-electron chi connectivity index (χ4n) is 1.74. The molecular formula is C13H19BrN2O4S. The Kier molecular flexibility index (Phi) is 6.79. The minimum atomic E-state index is -3.70. The molecule has 0 radical (unpaired) electrons. The molecule has 0 unspecified atom stereocenters. The van der Waals surface area contributed by atoms with Gasteiger partial charge in [-0.15, -0.1) is 0 Å². The van der Waals surface area contributed by atoms with Crippen molar-refractivity contribution in [2.75, 3.05) is 33.3 Å². The van der Waals surface area contributed by atoms with Gasteiger partial charge in [-0.1, -0.05) is 15.9 Å². The summed E-state index contributed by atoms with van der Waals surface area (Å²) < 4.78 is 26.5. The molecule has 0 aliphatic rings. The molecule has 1 N–H and O–H groups in total. The molecule has 6 nitrogen and oxygen atoms in total. The summed E-state index contributed by atoms with van der Waals surface area (Å²) in [7, 11) is -2.34. The van der Waals surface area contributed by atoms with Gasteiger partial charge in [0.25, 0.3) is 0 Å². The first-order chi connectivity index (χ1) is 9.82. The monoisotopic (exact) mass is 378 g/mol. The first-order valence-electron chi connectivity index (χ1n) is 6.43. The zero-order valence-electron chi connectivity index (χ0n) is 12.0. The van der Waals surface area contributed by atoms with Crippen LogP contribution in [0.5, 0.6) is 0 Å². The molecule has 0 aromatic heterocycles. The van der Waals surface area contributed by atoms with Crippen LogP contribution in [0.3, 0.4) is 0 Å². The van der Waals surface area contributed by atoms with Crippen LogP contribution in [0.1, 0.15) is 6.92 Å². The van der Waals surface area contributed by atoms with Gasteiger partial charge in [-0.3, -0.25) is 4.79 Å². The van der Waals surface area contributed by atoms with Crippen LogP contribution in [0.15, 0.2) is 33.6 Å². The Bertz CT molecular complexity index is 574. The van der Waals surface area contributed by atoms with E-state index in [4.69, 9.17) is 5.11 Å². The lowest BCUT2D eigenvalue weighted by Gasteiger charge is -2.23. The smallest absolute Gasteiger partial charge is 0.243 e. The molecule has 1 aromatic carbocycles. The molecule has 0 saturated heterocycles. The molecule has 1 rings (SSSR count). The maximum Gasteiger partial charge on any atom is 0.243 e. The standard InChI is InChI=1S/C13H19BrN2O4S/c1-3-16(8-9-17)13(18)10-15(2)21(19,20)12-6-4-11(14)5-7-12/h4-7,17H,3,8-10H2,1-2H3. The Morgan fingerprint density at radius 2 is 1.86 bits per heavy atom. The molecular weight excluding hydrogens is 360 g/mol. The van der Waals surface area contributed by atoms with Gasteiger partial charge in [-0.25, -0.2) is 8.42 Å². The number of likely N-dealkylation sites (N-methyl/N-ethyl adjacent to an activating group) is 2. The first-order valence-corrected chi connectivity index (χ1v) is 8.66. The van der Waals surface area contributed by atoms with Crippen LogP contribution >= 0.6 is 15.9 Å². The number of carbonyl (C=O) groups is 1. The van der Waals surface area contributed by atoms with Crippen molar-refractivity contribution in [1.29, 1.82) is 0 Å². The normalized spacial score (nSPS) is 11.7. The number of rotatable bonds is 7. The Morgan fingerprint density at radius 3 is 2.33 bits per heavy atom. The molecule has 8 heteroatoms. The van der Waals surface area contributed by atoms with Gasteiger partial charge in [0.2, 0.25) is 15.9 Å². The van der Waals surface area contributed by atoms with Crippen molar-refractivity contribution in [2.24, 2.45) is 0 Å². The quantitative estimate of drug-likeness (QED) is 0.764. The summed E-state index contributed by atoms with van der Waals surface area (Å²) in [6, 6.07) is 6.22. The number of benzene rings is 1. The Morgan fingerprint density at radius 1 is 1.29 bits per heavy atom. The van der Waals surface area contributed by atoms with Gasteiger partial charge in [0, 0.05) is 24.6 Å². The van der Waals surface area contributed by atoms with E-state index in [1.165, 1.54) is 24.1 Å². The molecule has 0 aliphatic heterocycles. The van der Waals surface area contributed by atoms with Crippen LogP contribution in [-0.4, -0.2) is 61.9 Å². The number of sulfonamides is 1. The maximum atomic E-state index is 12.3. The average molecular weight is 379 g/mol. The summed E-state index contributed by atoms with van der Waals surface area (Å²) in [6.45, 7) is 1.98. The van der Waals surface area contributed by atoms with Crippen LogP contribution in [0.2, 0.25) is 0 Å². The van der Waals surface area contributed by atoms with Crippen molar-refractivity contribution < 1.29 is 18.3 Å². The highest BCUT2D eigenvalue weighted by molar-refractivity contribution is 9.10.